The summed E-state index contributed by atoms with van der Waals surface area (Å²) in [4.78, 5) is 49.1. The summed E-state index contributed by atoms with van der Waals surface area (Å²) in [5.74, 6) is -1.81. The highest BCUT2D eigenvalue weighted by molar-refractivity contribution is 5.93. The van der Waals surface area contributed by atoms with Gasteiger partial charge in [0, 0.05) is 13.8 Å². The van der Waals surface area contributed by atoms with E-state index in [0.717, 1.165) is 5.56 Å². The van der Waals surface area contributed by atoms with Crippen molar-refractivity contribution in [2.24, 2.45) is 5.41 Å². The normalized spacial score (nSPS) is 11.9. The second-order valence-corrected chi connectivity index (χ2v) is 9.87. The highest BCUT2D eigenvalue weighted by atomic mass is 16.6. The standard InChI is InChI=1S/C33H34O9/c1-6-25-13-7-8-15-27(25)31(36)39-20-33(5,19-38-22(2)26-14-9-11-17-29(26)41-23(3)34)21-40-32(37)28-16-10-12-18-30(28)42-24(4)35/h7-18H,2,6,19-21H2,1,3-5H3. The largest absolute Gasteiger partial charge is 0.493 e. The van der Waals surface area contributed by atoms with Crippen LogP contribution < -0.4 is 9.47 Å². The molecule has 9 nitrogen and oxygen atoms in total. The first-order valence-corrected chi connectivity index (χ1v) is 13.3. The van der Waals surface area contributed by atoms with Crippen LogP contribution in [0.4, 0.5) is 0 Å². The van der Waals surface area contributed by atoms with Crippen LogP contribution in [0.3, 0.4) is 0 Å². The zero-order chi connectivity index (χ0) is 30.7. The third-order valence-corrected chi connectivity index (χ3v) is 6.12. The van der Waals surface area contributed by atoms with Gasteiger partial charge < -0.3 is 23.7 Å². The van der Waals surface area contributed by atoms with Crippen LogP contribution in [0.1, 0.15) is 59.5 Å². The van der Waals surface area contributed by atoms with E-state index >= 15 is 0 Å². The van der Waals surface area contributed by atoms with Gasteiger partial charge in [-0.05, 0) is 49.2 Å². The van der Waals surface area contributed by atoms with Crippen molar-refractivity contribution in [1.82, 2.24) is 0 Å². The summed E-state index contributed by atoms with van der Waals surface area (Å²) in [7, 11) is 0. The molecule has 3 aromatic carbocycles. The smallest absolute Gasteiger partial charge is 0.341 e. The second-order valence-electron chi connectivity index (χ2n) is 9.87. The van der Waals surface area contributed by atoms with E-state index in [1.54, 1.807) is 55.5 Å². The summed E-state index contributed by atoms with van der Waals surface area (Å²) in [5.41, 5.74) is 0.753. The molecule has 0 N–H and O–H groups in total. The molecule has 0 fully saturated rings. The van der Waals surface area contributed by atoms with Crippen LogP contribution in [0, 0.1) is 5.41 Å². The number of benzene rings is 3. The van der Waals surface area contributed by atoms with Gasteiger partial charge in [0.05, 0.1) is 16.5 Å². The summed E-state index contributed by atoms with van der Waals surface area (Å²) < 4.78 is 27.7. The molecule has 3 aromatic rings. The van der Waals surface area contributed by atoms with Crippen molar-refractivity contribution in [3.8, 4) is 11.5 Å². The number of hydrogen-bond donors (Lipinski definition) is 0. The Bertz CT molecular complexity index is 1380. The van der Waals surface area contributed by atoms with Crippen molar-refractivity contribution < 1.29 is 42.9 Å². The zero-order valence-corrected chi connectivity index (χ0v) is 24.1. The lowest BCUT2D eigenvalue weighted by molar-refractivity contribution is -0.132. The van der Waals surface area contributed by atoms with E-state index < -0.39 is 29.3 Å². The van der Waals surface area contributed by atoms with Gasteiger partial charge in [0.1, 0.15) is 42.6 Å². The van der Waals surface area contributed by atoms with E-state index in [1.807, 2.05) is 19.1 Å². The molecule has 0 saturated carbocycles. The van der Waals surface area contributed by atoms with Crippen LogP contribution in [0.5, 0.6) is 11.5 Å². The fourth-order valence-electron chi connectivity index (χ4n) is 3.95. The third-order valence-electron chi connectivity index (χ3n) is 6.12. The minimum atomic E-state index is -1.04. The molecule has 0 bridgehead atoms. The summed E-state index contributed by atoms with van der Waals surface area (Å²) in [6.45, 7) is 9.68. The number of carbonyl (C=O) groups is 4. The van der Waals surface area contributed by atoms with E-state index in [0.29, 0.717) is 17.5 Å². The first-order valence-electron chi connectivity index (χ1n) is 13.3. The summed E-state index contributed by atoms with van der Waals surface area (Å²) in [6, 6.07) is 20.1. The Morgan fingerprint density at radius 2 is 1.07 bits per heavy atom. The summed E-state index contributed by atoms with van der Waals surface area (Å²) in [6.07, 6.45) is 0.645. The molecular formula is C33H34O9. The van der Waals surface area contributed by atoms with Crippen molar-refractivity contribution in [3.63, 3.8) is 0 Å². The molecule has 9 heteroatoms. The predicted octanol–water partition coefficient (Wildman–Crippen LogP) is 5.81. The molecule has 0 amide bonds. The number of ether oxygens (including phenoxy) is 5. The van der Waals surface area contributed by atoms with Gasteiger partial charge in [0.25, 0.3) is 0 Å². The van der Waals surface area contributed by atoms with Crippen LogP contribution in [0.2, 0.25) is 0 Å². The predicted molar refractivity (Wildman–Crippen MR) is 155 cm³/mol. The maximum atomic E-state index is 13.0. The van der Waals surface area contributed by atoms with E-state index in [2.05, 4.69) is 6.58 Å². The van der Waals surface area contributed by atoms with Gasteiger partial charge >= 0.3 is 23.9 Å². The SMILES string of the molecule is C=C(OCC(C)(COC(=O)c1ccccc1CC)COC(=O)c1ccccc1OC(C)=O)c1ccccc1OC(C)=O. The van der Waals surface area contributed by atoms with Crippen molar-refractivity contribution in [1.29, 1.82) is 0 Å². The topological polar surface area (TPSA) is 114 Å². The van der Waals surface area contributed by atoms with Crippen LogP contribution in [-0.2, 0) is 30.2 Å². The average Bonchev–Trinajstić information content (AvgIpc) is 2.97. The van der Waals surface area contributed by atoms with Gasteiger partial charge in [-0.25, -0.2) is 9.59 Å². The van der Waals surface area contributed by atoms with Gasteiger partial charge in [-0.1, -0.05) is 56.0 Å². The molecule has 0 radical (unpaired) electrons. The van der Waals surface area contributed by atoms with E-state index in [1.165, 1.54) is 26.0 Å². The average molecular weight is 575 g/mol. The van der Waals surface area contributed by atoms with E-state index in [4.69, 9.17) is 23.7 Å². The molecule has 1 atom stereocenters. The van der Waals surface area contributed by atoms with Gasteiger partial charge in [0.15, 0.2) is 0 Å². The Hall–Kier alpha value is -4.92. The fourth-order valence-corrected chi connectivity index (χ4v) is 3.95. The highest BCUT2D eigenvalue weighted by Crippen LogP contribution is 2.29. The number of aryl methyl sites for hydroxylation is 1. The van der Waals surface area contributed by atoms with Gasteiger partial charge in [0.2, 0.25) is 0 Å². The molecule has 0 heterocycles. The molecular weight excluding hydrogens is 540 g/mol. The van der Waals surface area contributed by atoms with Crippen LogP contribution in [0.25, 0.3) is 5.76 Å². The van der Waals surface area contributed by atoms with Crippen molar-refractivity contribution in [2.45, 2.75) is 34.1 Å². The molecule has 42 heavy (non-hydrogen) atoms. The summed E-state index contributed by atoms with van der Waals surface area (Å²) in [5, 5.41) is 0. The van der Waals surface area contributed by atoms with Crippen molar-refractivity contribution in [3.05, 3.63) is 102 Å². The first-order chi connectivity index (χ1) is 20.0. The van der Waals surface area contributed by atoms with Crippen molar-refractivity contribution >= 4 is 29.6 Å². The van der Waals surface area contributed by atoms with Crippen molar-refractivity contribution in [2.75, 3.05) is 19.8 Å². The minimum Gasteiger partial charge on any atom is -0.493 e. The quantitative estimate of drug-likeness (QED) is 0.142. The molecule has 0 aromatic heterocycles. The number of hydrogen-bond acceptors (Lipinski definition) is 9. The van der Waals surface area contributed by atoms with E-state index in [-0.39, 0.29) is 42.6 Å². The Balaban J connectivity index is 1.80. The molecule has 0 aliphatic rings. The highest BCUT2D eigenvalue weighted by Gasteiger charge is 2.32. The molecule has 220 valence electrons. The number of carbonyl (C=O) groups excluding carboxylic acids is 4. The molecule has 0 spiro atoms. The fraction of sp³-hybridized carbons (Fsp3) is 0.273. The summed E-state index contributed by atoms with van der Waals surface area (Å²) >= 11 is 0. The first kappa shape index (κ1) is 31.6. The number of rotatable bonds is 13. The Kier molecular flexibility index (Phi) is 11.0. The van der Waals surface area contributed by atoms with Gasteiger partial charge in [-0.15, -0.1) is 0 Å². The number of esters is 4. The van der Waals surface area contributed by atoms with Gasteiger partial charge in [-0.3, -0.25) is 9.59 Å². The Labute approximate surface area is 245 Å². The van der Waals surface area contributed by atoms with E-state index in [9.17, 15) is 19.2 Å². The lowest BCUT2D eigenvalue weighted by Crippen LogP contribution is -2.36. The maximum Gasteiger partial charge on any atom is 0.341 e. The monoisotopic (exact) mass is 574 g/mol. The Morgan fingerprint density at radius 1 is 0.643 bits per heavy atom. The molecule has 0 saturated heterocycles. The third kappa shape index (κ3) is 8.79. The molecule has 0 aliphatic heterocycles. The van der Waals surface area contributed by atoms with Crippen LogP contribution >= 0.6 is 0 Å². The van der Waals surface area contributed by atoms with Crippen LogP contribution in [0.15, 0.2) is 79.4 Å². The van der Waals surface area contributed by atoms with Gasteiger partial charge in [-0.2, -0.15) is 0 Å². The number of para-hydroxylation sites is 2. The maximum absolute atomic E-state index is 13.0. The lowest BCUT2D eigenvalue weighted by atomic mass is 9.94. The second kappa shape index (κ2) is 14.6. The zero-order valence-electron chi connectivity index (χ0n) is 24.1. The minimum absolute atomic E-state index is 0.0598. The molecule has 1 unspecified atom stereocenters. The van der Waals surface area contributed by atoms with Crippen LogP contribution in [-0.4, -0.2) is 43.7 Å². The lowest BCUT2D eigenvalue weighted by Gasteiger charge is -2.29. The molecule has 3 rings (SSSR count). The molecule has 0 aliphatic carbocycles. The Morgan fingerprint density at radius 3 is 1.62 bits per heavy atom.